The van der Waals surface area contributed by atoms with Crippen molar-refractivity contribution in [2.45, 2.75) is 19.6 Å². The van der Waals surface area contributed by atoms with Gasteiger partial charge >= 0.3 is 0 Å². The summed E-state index contributed by atoms with van der Waals surface area (Å²) in [7, 11) is 1.49. The molecular weight excluding hydrogens is 182 g/mol. The first-order chi connectivity index (χ1) is 6.74. The molecule has 1 unspecified atom stereocenters. The van der Waals surface area contributed by atoms with Gasteiger partial charge in [-0.2, -0.15) is 10.2 Å². The maximum atomic E-state index is 11.3. The fraction of sp³-hybridized carbons (Fsp3) is 0.444. The van der Waals surface area contributed by atoms with Crippen LogP contribution in [-0.2, 0) is 16.1 Å². The first kappa shape index (κ1) is 10.6. The van der Waals surface area contributed by atoms with Gasteiger partial charge in [0.25, 0.3) is 0 Å². The molecule has 1 amide bonds. The van der Waals surface area contributed by atoms with Gasteiger partial charge in [0.1, 0.15) is 6.10 Å². The van der Waals surface area contributed by atoms with Gasteiger partial charge in [-0.25, -0.2) is 0 Å². The molecule has 0 bridgehead atoms. The number of carbonyl (C=O) groups excluding carboxylic acids is 1. The second-order valence-electron chi connectivity index (χ2n) is 2.81. The van der Waals surface area contributed by atoms with Gasteiger partial charge in [-0.05, 0) is 19.1 Å². The van der Waals surface area contributed by atoms with Crippen molar-refractivity contribution in [1.82, 2.24) is 15.5 Å². The van der Waals surface area contributed by atoms with Crippen molar-refractivity contribution >= 4 is 5.91 Å². The molecule has 0 saturated carbocycles. The minimum atomic E-state index is -0.438. The van der Waals surface area contributed by atoms with E-state index in [2.05, 4.69) is 15.5 Å². The highest BCUT2D eigenvalue weighted by atomic mass is 16.5. The minimum Gasteiger partial charge on any atom is -0.372 e. The second-order valence-corrected chi connectivity index (χ2v) is 2.81. The van der Waals surface area contributed by atoms with Crippen LogP contribution in [0.15, 0.2) is 18.3 Å². The Morgan fingerprint density at radius 1 is 1.71 bits per heavy atom. The number of aromatic nitrogens is 2. The predicted molar refractivity (Wildman–Crippen MR) is 50.3 cm³/mol. The monoisotopic (exact) mass is 195 g/mol. The topological polar surface area (TPSA) is 64.1 Å². The zero-order chi connectivity index (χ0) is 10.4. The van der Waals surface area contributed by atoms with Crippen LogP contribution >= 0.6 is 0 Å². The van der Waals surface area contributed by atoms with Gasteiger partial charge < -0.3 is 10.1 Å². The lowest BCUT2D eigenvalue weighted by atomic mass is 10.3. The van der Waals surface area contributed by atoms with E-state index in [9.17, 15) is 4.79 Å². The SMILES string of the molecule is COC(C)C(=O)NCc1cccnn1. The molecule has 1 aromatic heterocycles. The van der Waals surface area contributed by atoms with E-state index in [1.165, 1.54) is 7.11 Å². The Hall–Kier alpha value is -1.49. The quantitative estimate of drug-likeness (QED) is 0.741. The number of nitrogens with zero attached hydrogens (tertiary/aromatic N) is 2. The number of amides is 1. The molecule has 14 heavy (non-hydrogen) atoms. The highest BCUT2D eigenvalue weighted by molar-refractivity contribution is 5.80. The van der Waals surface area contributed by atoms with E-state index >= 15 is 0 Å². The van der Waals surface area contributed by atoms with E-state index < -0.39 is 6.10 Å². The Bertz CT molecular complexity index is 289. The summed E-state index contributed by atoms with van der Waals surface area (Å²) in [5, 5.41) is 10.2. The number of hydrogen-bond acceptors (Lipinski definition) is 4. The Morgan fingerprint density at radius 2 is 2.50 bits per heavy atom. The fourth-order valence-corrected chi connectivity index (χ4v) is 0.856. The lowest BCUT2D eigenvalue weighted by molar-refractivity contribution is -0.130. The van der Waals surface area contributed by atoms with Gasteiger partial charge in [0, 0.05) is 13.3 Å². The summed E-state index contributed by atoms with van der Waals surface area (Å²) >= 11 is 0. The zero-order valence-electron chi connectivity index (χ0n) is 8.23. The molecule has 0 saturated heterocycles. The largest absolute Gasteiger partial charge is 0.372 e. The normalized spacial score (nSPS) is 12.1. The average molecular weight is 195 g/mol. The summed E-state index contributed by atoms with van der Waals surface area (Å²) in [6.45, 7) is 2.06. The van der Waals surface area contributed by atoms with Crippen molar-refractivity contribution in [3.05, 3.63) is 24.0 Å². The van der Waals surface area contributed by atoms with E-state index in [0.717, 1.165) is 5.69 Å². The molecule has 1 atom stereocenters. The highest BCUT2D eigenvalue weighted by Gasteiger charge is 2.10. The lowest BCUT2D eigenvalue weighted by Gasteiger charge is -2.09. The van der Waals surface area contributed by atoms with Crippen LogP contribution in [0.4, 0.5) is 0 Å². The molecule has 0 fully saturated rings. The molecule has 76 valence electrons. The van der Waals surface area contributed by atoms with Crippen LogP contribution in [0.5, 0.6) is 0 Å². The molecule has 1 N–H and O–H groups in total. The van der Waals surface area contributed by atoms with Gasteiger partial charge in [0.05, 0.1) is 12.2 Å². The number of carbonyl (C=O) groups is 1. The summed E-state index contributed by atoms with van der Waals surface area (Å²) < 4.78 is 4.85. The molecule has 5 heteroatoms. The van der Waals surface area contributed by atoms with Gasteiger partial charge in [-0.1, -0.05) is 0 Å². The molecule has 0 aliphatic carbocycles. The van der Waals surface area contributed by atoms with Crippen molar-refractivity contribution < 1.29 is 9.53 Å². The van der Waals surface area contributed by atoms with Crippen molar-refractivity contribution in [2.75, 3.05) is 7.11 Å². The molecular formula is C9H13N3O2. The third kappa shape index (κ3) is 3.10. The first-order valence-corrected chi connectivity index (χ1v) is 4.31. The Balaban J connectivity index is 2.38. The zero-order valence-corrected chi connectivity index (χ0v) is 8.23. The molecule has 1 rings (SSSR count). The average Bonchev–Trinajstić information content (AvgIpc) is 2.26. The fourth-order valence-electron chi connectivity index (χ4n) is 0.856. The van der Waals surface area contributed by atoms with Crippen molar-refractivity contribution in [1.29, 1.82) is 0 Å². The van der Waals surface area contributed by atoms with E-state index in [1.54, 1.807) is 25.3 Å². The van der Waals surface area contributed by atoms with Gasteiger partial charge in [0.2, 0.25) is 5.91 Å². The van der Waals surface area contributed by atoms with Crippen LogP contribution < -0.4 is 5.32 Å². The Kier molecular flexibility index (Phi) is 4.00. The molecule has 0 aliphatic heterocycles. The van der Waals surface area contributed by atoms with Crippen LogP contribution in [-0.4, -0.2) is 29.3 Å². The standard InChI is InChI=1S/C9H13N3O2/c1-7(14-2)9(13)10-6-8-4-3-5-11-12-8/h3-5,7H,6H2,1-2H3,(H,10,13). The van der Waals surface area contributed by atoms with Crippen LogP contribution in [0, 0.1) is 0 Å². The number of nitrogens with one attached hydrogen (secondary N) is 1. The molecule has 0 radical (unpaired) electrons. The first-order valence-electron chi connectivity index (χ1n) is 4.31. The molecule has 1 heterocycles. The number of methoxy groups -OCH3 is 1. The van der Waals surface area contributed by atoms with E-state index in [1.807, 2.05) is 0 Å². The summed E-state index contributed by atoms with van der Waals surface area (Å²) in [6, 6.07) is 3.57. The molecule has 0 aromatic carbocycles. The van der Waals surface area contributed by atoms with E-state index in [4.69, 9.17) is 4.74 Å². The van der Waals surface area contributed by atoms with E-state index in [0.29, 0.717) is 6.54 Å². The van der Waals surface area contributed by atoms with Crippen LogP contribution in [0.1, 0.15) is 12.6 Å². The smallest absolute Gasteiger partial charge is 0.249 e. The minimum absolute atomic E-state index is 0.154. The van der Waals surface area contributed by atoms with Crippen molar-refractivity contribution in [3.63, 3.8) is 0 Å². The number of ether oxygens (including phenoxy) is 1. The summed E-state index contributed by atoms with van der Waals surface area (Å²) in [6.07, 6.45) is 1.15. The molecule has 0 spiro atoms. The maximum absolute atomic E-state index is 11.3. The number of rotatable bonds is 4. The molecule has 0 aliphatic rings. The Morgan fingerprint density at radius 3 is 3.07 bits per heavy atom. The van der Waals surface area contributed by atoms with Gasteiger partial charge in [-0.15, -0.1) is 0 Å². The molecule has 1 aromatic rings. The number of hydrogen-bond donors (Lipinski definition) is 1. The lowest BCUT2D eigenvalue weighted by Crippen LogP contribution is -2.33. The molecule has 5 nitrogen and oxygen atoms in total. The Labute approximate surface area is 82.5 Å². The summed E-state index contributed by atoms with van der Waals surface area (Å²) in [5.41, 5.74) is 0.726. The summed E-state index contributed by atoms with van der Waals surface area (Å²) in [5.74, 6) is -0.154. The van der Waals surface area contributed by atoms with Crippen LogP contribution in [0.25, 0.3) is 0 Å². The van der Waals surface area contributed by atoms with Crippen LogP contribution in [0.2, 0.25) is 0 Å². The second kappa shape index (κ2) is 5.29. The highest BCUT2D eigenvalue weighted by Crippen LogP contribution is 1.92. The van der Waals surface area contributed by atoms with Crippen molar-refractivity contribution in [2.24, 2.45) is 0 Å². The van der Waals surface area contributed by atoms with Crippen molar-refractivity contribution in [3.8, 4) is 0 Å². The van der Waals surface area contributed by atoms with Gasteiger partial charge in [-0.3, -0.25) is 4.79 Å². The third-order valence-corrected chi connectivity index (χ3v) is 1.79. The third-order valence-electron chi connectivity index (χ3n) is 1.79. The predicted octanol–water partition coefficient (Wildman–Crippen LogP) is 0.128. The van der Waals surface area contributed by atoms with Crippen LogP contribution in [0.3, 0.4) is 0 Å². The van der Waals surface area contributed by atoms with Gasteiger partial charge in [0.15, 0.2) is 0 Å². The van der Waals surface area contributed by atoms with E-state index in [-0.39, 0.29) is 5.91 Å². The summed E-state index contributed by atoms with van der Waals surface area (Å²) in [4.78, 5) is 11.3. The maximum Gasteiger partial charge on any atom is 0.249 e.